The normalized spacial score (nSPS) is 11.0. The van der Waals surface area contributed by atoms with Crippen LogP contribution in [0.5, 0.6) is 5.75 Å². The fourth-order valence-electron chi connectivity index (χ4n) is 1.89. The van der Waals surface area contributed by atoms with Crippen LogP contribution in [-0.4, -0.2) is 31.5 Å². The monoisotopic (exact) mass is 290 g/mol. The van der Waals surface area contributed by atoms with Gasteiger partial charge in [-0.05, 0) is 38.1 Å². The third kappa shape index (κ3) is 4.88. The van der Waals surface area contributed by atoms with E-state index in [1.165, 1.54) is 0 Å². The van der Waals surface area contributed by atoms with Crippen molar-refractivity contribution >= 4 is 0 Å². The lowest BCUT2D eigenvalue weighted by Crippen LogP contribution is -2.18. The summed E-state index contributed by atoms with van der Waals surface area (Å²) in [5, 5.41) is 7.28. The summed E-state index contributed by atoms with van der Waals surface area (Å²) in [6.45, 7) is 6.16. The van der Waals surface area contributed by atoms with Crippen LogP contribution in [0.1, 0.15) is 19.5 Å². The van der Waals surface area contributed by atoms with Crippen molar-refractivity contribution in [3.8, 4) is 17.1 Å². The molecule has 0 bridgehead atoms. The third-order valence-electron chi connectivity index (χ3n) is 2.86. The molecule has 5 nitrogen and oxygen atoms in total. The molecule has 0 unspecified atom stereocenters. The highest BCUT2D eigenvalue weighted by atomic mass is 16.5. The Kier molecular flexibility index (Phi) is 5.78. The average molecular weight is 290 g/mol. The molecule has 0 aliphatic heterocycles. The lowest BCUT2D eigenvalue weighted by Gasteiger charge is -2.09. The van der Waals surface area contributed by atoms with Gasteiger partial charge in [0.25, 0.3) is 0 Å². The van der Waals surface area contributed by atoms with Crippen LogP contribution in [0, 0.1) is 0 Å². The summed E-state index contributed by atoms with van der Waals surface area (Å²) in [5.41, 5.74) is 1.87. The molecule has 5 heteroatoms. The molecule has 1 aromatic carbocycles. The van der Waals surface area contributed by atoms with Crippen LogP contribution < -0.4 is 10.1 Å². The zero-order valence-electron chi connectivity index (χ0n) is 12.8. The number of rotatable bonds is 8. The first kappa shape index (κ1) is 15.5. The molecule has 0 aliphatic rings. The molecule has 1 aromatic heterocycles. The summed E-state index contributed by atoms with van der Waals surface area (Å²) in [4.78, 5) is 0. The highest BCUT2D eigenvalue weighted by Gasteiger charge is 2.07. The Morgan fingerprint density at radius 2 is 2.00 bits per heavy atom. The summed E-state index contributed by atoms with van der Waals surface area (Å²) >= 11 is 0. The van der Waals surface area contributed by atoms with Gasteiger partial charge >= 0.3 is 0 Å². The number of methoxy groups -OCH3 is 1. The predicted molar refractivity (Wildman–Crippen MR) is 81.3 cm³/mol. The average Bonchev–Trinajstić information content (AvgIpc) is 2.93. The lowest BCUT2D eigenvalue weighted by atomic mass is 10.1. The van der Waals surface area contributed by atoms with Crippen LogP contribution in [0.15, 0.2) is 34.9 Å². The topological polar surface area (TPSA) is 56.5 Å². The SMILES string of the molecule is COCCNCc1cc(-c2ccc(OC(C)C)cc2)on1. The van der Waals surface area contributed by atoms with E-state index < -0.39 is 0 Å². The highest BCUT2D eigenvalue weighted by molar-refractivity contribution is 5.58. The molecule has 0 saturated heterocycles. The second-order valence-corrected chi connectivity index (χ2v) is 5.04. The maximum atomic E-state index is 5.62. The Morgan fingerprint density at radius 1 is 1.24 bits per heavy atom. The van der Waals surface area contributed by atoms with Gasteiger partial charge in [-0.1, -0.05) is 5.16 Å². The zero-order valence-corrected chi connectivity index (χ0v) is 12.8. The van der Waals surface area contributed by atoms with E-state index >= 15 is 0 Å². The molecule has 21 heavy (non-hydrogen) atoms. The zero-order chi connectivity index (χ0) is 15.1. The maximum absolute atomic E-state index is 5.62. The predicted octanol–water partition coefficient (Wildman–Crippen LogP) is 2.86. The molecule has 1 N–H and O–H groups in total. The van der Waals surface area contributed by atoms with E-state index in [-0.39, 0.29) is 6.10 Å². The Hall–Kier alpha value is -1.85. The van der Waals surface area contributed by atoms with Crippen molar-refractivity contribution < 1.29 is 14.0 Å². The van der Waals surface area contributed by atoms with E-state index in [9.17, 15) is 0 Å². The number of nitrogens with zero attached hydrogens (tertiary/aromatic N) is 1. The summed E-state index contributed by atoms with van der Waals surface area (Å²) in [6.07, 6.45) is 0.172. The molecule has 114 valence electrons. The number of hydrogen-bond acceptors (Lipinski definition) is 5. The molecule has 0 atom stereocenters. The van der Waals surface area contributed by atoms with Crippen molar-refractivity contribution in [1.29, 1.82) is 0 Å². The smallest absolute Gasteiger partial charge is 0.167 e. The van der Waals surface area contributed by atoms with E-state index in [0.29, 0.717) is 13.2 Å². The van der Waals surface area contributed by atoms with Crippen molar-refractivity contribution in [2.45, 2.75) is 26.5 Å². The first-order chi connectivity index (χ1) is 10.2. The molecule has 0 saturated carbocycles. The molecule has 2 aromatic rings. The van der Waals surface area contributed by atoms with Gasteiger partial charge in [0.05, 0.1) is 18.4 Å². The minimum absolute atomic E-state index is 0.172. The van der Waals surface area contributed by atoms with Gasteiger partial charge in [-0.15, -0.1) is 0 Å². The third-order valence-corrected chi connectivity index (χ3v) is 2.86. The molecular formula is C16H22N2O3. The number of ether oxygens (including phenoxy) is 2. The van der Waals surface area contributed by atoms with Gasteiger partial charge in [-0.2, -0.15) is 0 Å². The van der Waals surface area contributed by atoms with Gasteiger partial charge in [0.15, 0.2) is 5.76 Å². The molecule has 2 rings (SSSR count). The minimum atomic E-state index is 0.172. The van der Waals surface area contributed by atoms with Crippen LogP contribution in [-0.2, 0) is 11.3 Å². The van der Waals surface area contributed by atoms with E-state index in [1.54, 1.807) is 7.11 Å². The summed E-state index contributed by atoms with van der Waals surface area (Å²) < 4.78 is 16.0. The number of hydrogen-bond donors (Lipinski definition) is 1. The minimum Gasteiger partial charge on any atom is -0.491 e. The molecule has 0 amide bonds. The number of benzene rings is 1. The molecule has 0 fully saturated rings. The molecule has 0 radical (unpaired) electrons. The van der Waals surface area contributed by atoms with Gasteiger partial charge in [0.1, 0.15) is 5.75 Å². The van der Waals surface area contributed by atoms with Crippen molar-refractivity contribution in [3.63, 3.8) is 0 Å². The first-order valence-corrected chi connectivity index (χ1v) is 7.11. The summed E-state index contributed by atoms with van der Waals surface area (Å²) in [7, 11) is 1.68. The van der Waals surface area contributed by atoms with Gasteiger partial charge in [0, 0.05) is 31.8 Å². The van der Waals surface area contributed by atoms with Crippen LogP contribution >= 0.6 is 0 Å². The van der Waals surface area contributed by atoms with Gasteiger partial charge in [-0.3, -0.25) is 0 Å². The molecule has 1 heterocycles. The van der Waals surface area contributed by atoms with Crippen LogP contribution in [0.4, 0.5) is 0 Å². The maximum Gasteiger partial charge on any atom is 0.167 e. The molecule has 0 spiro atoms. The van der Waals surface area contributed by atoms with Crippen molar-refractivity contribution in [2.75, 3.05) is 20.3 Å². The van der Waals surface area contributed by atoms with Crippen molar-refractivity contribution in [3.05, 3.63) is 36.0 Å². The standard InChI is InChI=1S/C16H22N2O3/c1-12(2)20-15-6-4-13(5-7-15)16-10-14(18-21-16)11-17-8-9-19-3/h4-7,10,12,17H,8-9,11H2,1-3H3. The first-order valence-electron chi connectivity index (χ1n) is 7.11. The van der Waals surface area contributed by atoms with Crippen LogP contribution in [0.3, 0.4) is 0 Å². The van der Waals surface area contributed by atoms with E-state index in [1.807, 2.05) is 44.2 Å². The Balaban J connectivity index is 1.94. The van der Waals surface area contributed by atoms with Crippen molar-refractivity contribution in [1.82, 2.24) is 10.5 Å². The second kappa shape index (κ2) is 7.81. The highest BCUT2D eigenvalue weighted by Crippen LogP contribution is 2.23. The van der Waals surface area contributed by atoms with E-state index in [4.69, 9.17) is 14.0 Å². The Morgan fingerprint density at radius 3 is 2.67 bits per heavy atom. The Labute approximate surface area is 125 Å². The molecular weight excluding hydrogens is 268 g/mol. The van der Waals surface area contributed by atoms with Gasteiger partial charge < -0.3 is 19.3 Å². The largest absolute Gasteiger partial charge is 0.491 e. The van der Waals surface area contributed by atoms with E-state index in [0.717, 1.165) is 29.3 Å². The van der Waals surface area contributed by atoms with Gasteiger partial charge in [0.2, 0.25) is 0 Å². The van der Waals surface area contributed by atoms with E-state index in [2.05, 4.69) is 10.5 Å². The number of aromatic nitrogens is 1. The molecule has 0 aliphatic carbocycles. The quantitative estimate of drug-likeness (QED) is 0.758. The number of nitrogens with one attached hydrogen (secondary N) is 1. The Bertz CT molecular complexity index is 535. The second-order valence-electron chi connectivity index (χ2n) is 5.04. The fourth-order valence-corrected chi connectivity index (χ4v) is 1.89. The van der Waals surface area contributed by atoms with Crippen LogP contribution in [0.25, 0.3) is 11.3 Å². The van der Waals surface area contributed by atoms with Crippen LogP contribution in [0.2, 0.25) is 0 Å². The fraction of sp³-hybridized carbons (Fsp3) is 0.438. The summed E-state index contributed by atoms with van der Waals surface area (Å²) in [5.74, 6) is 1.62. The lowest BCUT2D eigenvalue weighted by molar-refractivity contribution is 0.199. The summed E-state index contributed by atoms with van der Waals surface area (Å²) in [6, 6.07) is 9.77. The van der Waals surface area contributed by atoms with Crippen molar-refractivity contribution in [2.24, 2.45) is 0 Å². The van der Waals surface area contributed by atoms with Gasteiger partial charge in [-0.25, -0.2) is 0 Å².